The molecule has 3 nitrogen and oxygen atoms in total. The third kappa shape index (κ3) is 3.13. The van der Waals surface area contributed by atoms with E-state index in [0.29, 0.717) is 6.04 Å². The first-order valence-electron chi connectivity index (χ1n) is 4.46. The Hall–Kier alpha value is -0.930. The fourth-order valence-corrected chi connectivity index (χ4v) is 1.31. The first-order chi connectivity index (χ1) is 6.24. The number of nitrogens with one attached hydrogen (secondary N) is 1. The minimum atomic E-state index is 0.365. The van der Waals surface area contributed by atoms with Gasteiger partial charge in [0.2, 0.25) is 0 Å². The lowest BCUT2D eigenvalue weighted by Crippen LogP contribution is -2.28. The van der Waals surface area contributed by atoms with Gasteiger partial charge in [-0.05, 0) is 32.8 Å². The lowest BCUT2D eigenvalue weighted by atomic mass is 10.1. The molecule has 1 aromatic heterocycles. The van der Waals surface area contributed by atoms with Crippen molar-refractivity contribution in [3.63, 3.8) is 0 Å². The smallest absolute Gasteiger partial charge is 0.0461 e. The molecule has 1 atom stereocenters. The molecule has 0 aromatic carbocycles. The summed E-state index contributed by atoms with van der Waals surface area (Å²) in [5.74, 6) is 0. The molecule has 3 heteroatoms. The van der Waals surface area contributed by atoms with Gasteiger partial charge in [-0.2, -0.15) is 0 Å². The number of pyridine rings is 1. The largest absolute Gasteiger partial charge is 0.312 e. The van der Waals surface area contributed by atoms with Crippen LogP contribution in [0.5, 0.6) is 0 Å². The van der Waals surface area contributed by atoms with Gasteiger partial charge in [0.1, 0.15) is 0 Å². The van der Waals surface area contributed by atoms with E-state index in [1.54, 1.807) is 6.20 Å². The second-order valence-electron chi connectivity index (χ2n) is 3.39. The van der Waals surface area contributed by atoms with Crippen LogP contribution in [-0.4, -0.2) is 37.6 Å². The maximum atomic E-state index is 4.10. The molecule has 1 heterocycles. The van der Waals surface area contributed by atoms with Crippen LogP contribution in [0.1, 0.15) is 11.6 Å². The summed E-state index contributed by atoms with van der Waals surface area (Å²) in [5.41, 5.74) is 1.23. The van der Waals surface area contributed by atoms with Gasteiger partial charge >= 0.3 is 0 Å². The number of likely N-dealkylation sites (N-methyl/N-ethyl adjacent to an activating group) is 2. The number of hydrogen-bond donors (Lipinski definition) is 1. The van der Waals surface area contributed by atoms with Crippen molar-refractivity contribution in [2.24, 2.45) is 0 Å². The summed E-state index contributed by atoms with van der Waals surface area (Å²) in [4.78, 5) is 6.26. The highest BCUT2D eigenvalue weighted by molar-refractivity contribution is 5.13. The van der Waals surface area contributed by atoms with Gasteiger partial charge in [0, 0.05) is 25.0 Å². The highest BCUT2D eigenvalue weighted by Gasteiger charge is 2.08. The van der Waals surface area contributed by atoms with Crippen LogP contribution in [0, 0.1) is 0 Å². The maximum Gasteiger partial charge on any atom is 0.0461 e. The third-order valence-corrected chi connectivity index (χ3v) is 1.98. The van der Waals surface area contributed by atoms with Crippen molar-refractivity contribution < 1.29 is 0 Å². The van der Waals surface area contributed by atoms with Crippen LogP contribution in [0.4, 0.5) is 0 Å². The zero-order valence-corrected chi connectivity index (χ0v) is 8.49. The van der Waals surface area contributed by atoms with E-state index in [0.717, 1.165) is 6.54 Å². The van der Waals surface area contributed by atoms with Gasteiger partial charge in [0.15, 0.2) is 0 Å². The number of rotatable bonds is 4. The lowest BCUT2D eigenvalue weighted by molar-refractivity contribution is 0.352. The second kappa shape index (κ2) is 4.94. The van der Waals surface area contributed by atoms with Gasteiger partial charge in [-0.25, -0.2) is 0 Å². The molecule has 0 aliphatic carbocycles. The van der Waals surface area contributed by atoms with Gasteiger partial charge < -0.3 is 10.2 Å². The molecule has 1 rings (SSSR count). The molecule has 0 fully saturated rings. The fraction of sp³-hybridized carbons (Fsp3) is 0.500. The van der Waals surface area contributed by atoms with Crippen LogP contribution in [0.3, 0.4) is 0 Å². The summed E-state index contributed by atoms with van der Waals surface area (Å²) in [6.07, 6.45) is 3.70. The van der Waals surface area contributed by atoms with Crippen LogP contribution >= 0.6 is 0 Å². The Morgan fingerprint density at radius 3 is 2.77 bits per heavy atom. The Morgan fingerprint density at radius 1 is 1.54 bits per heavy atom. The van der Waals surface area contributed by atoms with Crippen molar-refractivity contribution in [1.82, 2.24) is 15.2 Å². The van der Waals surface area contributed by atoms with Crippen molar-refractivity contribution in [3.8, 4) is 0 Å². The Morgan fingerprint density at radius 2 is 2.31 bits per heavy atom. The Balaban J connectivity index is 2.67. The Bertz CT molecular complexity index is 233. The van der Waals surface area contributed by atoms with Gasteiger partial charge in [0.25, 0.3) is 0 Å². The zero-order valence-electron chi connectivity index (χ0n) is 8.49. The van der Waals surface area contributed by atoms with Crippen molar-refractivity contribution in [3.05, 3.63) is 30.1 Å². The van der Waals surface area contributed by atoms with Crippen LogP contribution in [0.15, 0.2) is 24.5 Å². The molecule has 0 spiro atoms. The van der Waals surface area contributed by atoms with Crippen molar-refractivity contribution in [2.75, 3.05) is 27.7 Å². The first-order valence-corrected chi connectivity index (χ1v) is 4.46. The minimum Gasteiger partial charge on any atom is -0.312 e. The lowest BCUT2D eigenvalue weighted by Gasteiger charge is -2.20. The molecule has 1 aromatic rings. The van der Waals surface area contributed by atoms with E-state index >= 15 is 0 Å². The van der Waals surface area contributed by atoms with Crippen molar-refractivity contribution >= 4 is 0 Å². The number of nitrogens with zero attached hydrogens (tertiary/aromatic N) is 2. The quantitative estimate of drug-likeness (QED) is 0.744. The van der Waals surface area contributed by atoms with Crippen LogP contribution in [0.2, 0.25) is 0 Å². The van der Waals surface area contributed by atoms with Crippen molar-refractivity contribution in [2.45, 2.75) is 6.04 Å². The summed E-state index contributed by atoms with van der Waals surface area (Å²) in [6, 6.07) is 4.43. The molecule has 0 saturated heterocycles. The molecule has 0 aliphatic heterocycles. The van der Waals surface area contributed by atoms with E-state index in [1.807, 2.05) is 19.3 Å². The van der Waals surface area contributed by atoms with Crippen LogP contribution in [-0.2, 0) is 0 Å². The van der Waals surface area contributed by atoms with E-state index in [-0.39, 0.29) is 0 Å². The zero-order chi connectivity index (χ0) is 9.68. The maximum absolute atomic E-state index is 4.10. The molecule has 13 heavy (non-hydrogen) atoms. The summed E-state index contributed by atoms with van der Waals surface area (Å²) in [6.45, 7) is 0.988. The molecule has 0 radical (unpaired) electrons. The molecule has 72 valence electrons. The van der Waals surface area contributed by atoms with Crippen LogP contribution in [0.25, 0.3) is 0 Å². The van der Waals surface area contributed by atoms with E-state index in [1.165, 1.54) is 5.56 Å². The fourth-order valence-electron chi connectivity index (χ4n) is 1.31. The SMILES string of the molecule is CNC(CN(C)C)c1cccnc1. The monoisotopic (exact) mass is 179 g/mol. The molecule has 0 saturated carbocycles. The average molecular weight is 179 g/mol. The predicted octanol–water partition coefficient (Wildman–Crippen LogP) is 0.904. The summed E-state index contributed by atoms with van der Waals surface area (Å²) >= 11 is 0. The van der Waals surface area contributed by atoms with Gasteiger partial charge in [-0.1, -0.05) is 6.07 Å². The molecule has 0 amide bonds. The topological polar surface area (TPSA) is 28.2 Å². The molecular formula is C10H17N3. The normalized spacial score (nSPS) is 13.2. The summed E-state index contributed by atoms with van der Waals surface area (Å²) < 4.78 is 0. The standard InChI is InChI=1S/C10H17N3/c1-11-10(8-13(2)3)9-5-4-6-12-7-9/h4-7,10-11H,8H2,1-3H3. The Kier molecular flexibility index (Phi) is 3.86. The highest BCUT2D eigenvalue weighted by Crippen LogP contribution is 2.10. The van der Waals surface area contributed by atoms with E-state index in [2.05, 4.69) is 35.4 Å². The molecule has 0 aliphatic rings. The number of hydrogen-bond acceptors (Lipinski definition) is 3. The van der Waals surface area contributed by atoms with E-state index < -0.39 is 0 Å². The Labute approximate surface area is 79.8 Å². The second-order valence-corrected chi connectivity index (χ2v) is 3.39. The van der Waals surface area contributed by atoms with Gasteiger partial charge in [0.05, 0.1) is 0 Å². The summed E-state index contributed by atoms with van der Waals surface area (Å²) in [7, 11) is 6.11. The highest BCUT2D eigenvalue weighted by atomic mass is 15.1. The van der Waals surface area contributed by atoms with E-state index in [4.69, 9.17) is 0 Å². The van der Waals surface area contributed by atoms with Gasteiger partial charge in [-0.15, -0.1) is 0 Å². The molecule has 1 unspecified atom stereocenters. The molecule has 1 N–H and O–H groups in total. The minimum absolute atomic E-state index is 0.365. The summed E-state index contributed by atoms with van der Waals surface area (Å²) in [5, 5.41) is 3.27. The van der Waals surface area contributed by atoms with Crippen molar-refractivity contribution in [1.29, 1.82) is 0 Å². The third-order valence-electron chi connectivity index (χ3n) is 1.98. The predicted molar refractivity (Wildman–Crippen MR) is 54.6 cm³/mol. The first kappa shape index (κ1) is 10.2. The number of aromatic nitrogens is 1. The molecule has 0 bridgehead atoms. The molecular weight excluding hydrogens is 162 g/mol. The van der Waals surface area contributed by atoms with Crippen LogP contribution < -0.4 is 5.32 Å². The van der Waals surface area contributed by atoms with Gasteiger partial charge in [-0.3, -0.25) is 4.98 Å². The average Bonchev–Trinajstić information content (AvgIpc) is 2.15. The van der Waals surface area contributed by atoms with E-state index in [9.17, 15) is 0 Å².